The second kappa shape index (κ2) is 8.73. The van der Waals surface area contributed by atoms with Crippen LogP contribution in [0, 0.1) is 5.41 Å². The van der Waals surface area contributed by atoms with E-state index in [0.717, 1.165) is 28.9 Å². The maximum atomic E-state index is 8.73. The van der Waals surface area contributed by atoms with Gasteiger partial charge in [-0.1, -0.05) is 66.7 Å². The van der Waals surface area contributed by atoms with Crippen LogP contribution in [0.5, 0.6) is 5.75 Å². The fraction of sp³-hybridized carbons (Fsp3) is 0.0800. The number of methoxy groups -OCH3 is 1. The standard InChI is InChI=1S/C25H21NO.ClH/c1-27-22-15-13-19(14-16-22)25(26)24-12-5-3-8-21(24)17-20-10-6-9-18-7-2-4-11-23(18)20;/h2-16,26H,17H2,1H3;1H. The highest BCUT2D eigenvalue weighted by molar-refractivity contribution is 6.11. The van der Waals surface area contributed by atoms with Crippen molar-refractivity contribution in [3.05, 3.63) is 113 Å². The molecule has 0 aliphatic rings. The molecule has 0 saturated heterocycles. The zero-order valence-electron chi connectivity index (χ0n) is 15.7. The Labute approximate surface area is 171 Å². The van der Waals surface area contributed by atoms with Gasteiger partial charge in [0.05, 0.1) is 12.8 Å². The number of nitrogens with one attached hydrogen (secondary N) is 1. The third-order valence-electron chi connectivity index (χ3n) is 4.93. The molecular weight excluding hydrogens is 366 g/mol. The lowest BCUT2D eigenvalue weighted by atomic mass is 9.92. The number of rotatable bonds is 5. The maximum Gasteiger partial charge on any atom is 0.118 e. The molecule has 4 rings (SSSR count). The summed E-state index contributed by atoms with van der Waals surface area (Å²) >= 11 is 0. The van der Waals surface area contributed by atoms with Crippen molar-refractivity contribution >= 4 is 28.9 Å². The Balaban J connectivity index is 0.00000225. The first-order valence-electron chi connectivity index (χ1n) is 9.04. The van der Waals surface area contributed by atoms with Gasteiger partial charge in [0, 0.05) is 11.1 Å². The number of fused-ring (bicyclic) bond motifs is 1. The summed E-state index contributed by atoms with van der Waals surface area (Å²) in [6, 6.07) is 30.8. The highest BCUT2D eigenvalue weighted by Crippen LogP contribution is 2.24. The van der Waals surface area contributed by atoms with E-state index in [1.165, 1.54) is 16.3 Å². The van der Waals surface area contributed by atoms with E-state index in [0.29, 0.717) is 5.71 Å². The Bertz CT molecular complexity index is 1100. The van der Waals surface area contributed by atoms with E-state index in [4.69, 9.17) is 10.1 Å². The van der Waals surface area contributed by atoms with E-state index >= 15 is 0 Å². The summed E-state index contributed by atoms with van der Waals surface area (Å²) in [5, 5.41) is 11.2. The van der Waals surface area contributed by atoms with Crippen LogP contribution in [-0.4, -0.2) is 12.8 Å². The number of benzene rings is 4. The number of hydrogen-bond donors (Lipinski definition) is 1. The van der Waals surface area contributed by atoms with Crippen LogP contribution in [0.2, 0.25) is 0 Å². The molecule has 0 unspecified atom stereocenters. The number of ether oxygens (including phenoxy) is 1. The van der Waals surface area contributed by atoms with Crippen molar-refractivity contribution in [2.24, 2.45) is 0 Å². The van der Waals surface area contributed by atoms with Gasteiger partial charge in [-0.15, -0.1) is 12.4 Å². The largest absolute Gasteiger partial charge is 0.497 e. The van der Waals surface area contributed by atoms with Gasteiger partial charge in [0.15, 0.2) is 0 Å². The van der Waals surface area contributed by atoms with Crippen LogP contribution in [0.4, 0.5) is 0 Å². The zero-order valence-corrected chi connectivity index (χ0v) is 16.5. The van der Waals surface area contributed by atoms with Crippen LogP contribution in [0.1, 0.15) is 22.3 Å². The molecule has 3 heteroatoms. The van der Waals surface area contributed by atoms with Gasteiger partial charge in [-0.05, 0) is 52.6 Å². The Kier molecular flexibility index (Phi) is 6.13. The minimum Gasteiger partial charge on any atom is -0.497 e. The van der Waals surface area contributed by atoms with Gasteiger partial charge in [0.1, 0.15) is 5.75 Å². The van der Waals surface area contributed by atoms with Gasteiger partial charge in [0.25, 0.3) is 0 Å². The molecule has 0 bridgehead atoms. The van der Waals surface area contributed by atoms with Crippen molar-refractivity contribution in [3.63, 3.8) is 0 Å². The van der Waals surface area contributed by atoms with Crippen LogP contribution >= 0.6 is 12.4 Å². The molecule has 0 saturated carbocycles. The van der Waals surface area contributed by atoms with Crippen molar-refractivity contribution in [2.45, 2.75) is 6.42 Å². The van der Waals surface area contributed by atoms with Gasteiger partial charge in [-0.3, -0.25) is 5.41 Å². The van der Waals surface area contributed by atoms with Gasteiger partial charge >= 0.3 is 0 Å². The third kappa shape index (κ3) is 3.92. The molecule has 0 heterocycles. The second-order valence-electron chi connectivity index (χ2n) is 6.58. The molecule has 0 spiro atoms. The lowest BCUT2D eigenvalue weighted by molar-refractivity contribution is 0.415. The first-order chi connectivity index (χ1) is 13.3. The summed E-state index contributed by atoms with van der Waals surface area (Å²) in [5.74, 6) is 0.801. The molecule has 0 atom stereocenters. The molecule has 0 aliphatic carbocycles. The molecule has 4 aromatic rings. The first-order valence-corrected chi connectivity index (χ1v) is 9.04. The van der Waals surface area contributed by atoms with Gasteiger partial charge in [0.2, 0.25) is 0 Å². The molecule has 0 fully saturated rings. The SMILES string of the molecule is COc1ccc(C(=N)c2ccccc2Cc2cccc3ccccc23)cc1.Cl. The van der Waals surface area contributed by atoms with Crippen molar-refractivity contribution < 1.29 is 4.74 Å². The minimum atomic E-state index is 0. The summed E-state index contributed by atoms with van der Waals surface area (Å²) in [4.78, 5) is 0. The Hall–Kier alpha value is -3.10. The Morgan fingerprint density at radius 1 is 0.750 bits per heavy atom. The number of halogens is 1. The monoisotopic (exact) mass is 387 g/mol. The smallest absolute Gasteiger partial charge is 0.118 e. The van der Waals surface area contributed by atoms with Gasteiger partial charge in [-0.25, -0.2) is 0 Å². The Morgan fingerprint density at radius 3 is 2.18 bits per heavy atom. The van der Waals surface area contributed by atoms with E-state index in [9.17, 15) is 0 Å². The molecule has 0 aliphatic heterocycles. The highest BCUT2D eigenvalue weighted by atomic mass is 35.5. The molecule has 0 aromatic heterocycles. The molecule has 28 heavy (non-hydrogen) atoms. The van der Waals surface area contributed by atoms with Crippen LogP contribution in [-0.2, 0) is 6.42 Å². The molecular formula is C25H22ClNO. The van der Waals surface area contributed by atoms with E-state index in [1.54, 1.807) is 7.11 Å². The third-order valence-corrected chi connectivity index (χ3v) is 4.93. The van der Waals surface area contributed by atoms with E-state index in [2.05, 4.69) is 48.5 Å². The summed E-state index contributed by atoms with van der Waals surface area (Å²) < 4.78 is 5.23. The summed E-state index contributed by atoms with van der Waals surface area (Å²) in [7, 11) is 1.65. The quantitative estimate of drug-likeness (QED) is 0.402. The van der Waals surface area contributed by atoms with Crippen LogP contribution in [0.15, 0.2) is 91.0 Å². The summed E-state index contributed by atoms with van der Waals surface area (Å²) in [6.45, 7) is 0. The summed E-state index contributed by atoms with van der Waals surface area (Å²) in [6.07, 6.45) is 0.802. The molecule has 2 nitrogen and oxygen atoms in total. The lowest BCUT2D eigenvalue weighted by Gasteiger charge is -2.13. The fourth-order valence-electron chi connectivity index (χ4n) is 3.48. The fourth-order valence-corrected chi connectivity index (χ4v) is 3.48. The van der Waals surface area contributed by atoms with E-state index in [-0.39, 0.29) is 12.4 Å². The van der Waals surface area contributed by atoms with Crippen LogP contribution < -0.4 is 4.74 Å². The van der Waals surface area contributed by atoms with Crippen molar-refractivity contribution in [2.75, 3.05) is 7.11 Å². The normalized spacial score (nSPS) is 10.3. The van der Waals surface area contributed by atoms with Crippen molar-refractivity contribution in [1.82, 2.24) is 0 Å². The van der Waals surface area contributed by atoms with Gasteiger partial charge in [-0.2, -0.15) is 0 Å². The lowest BCUT2D eigenvalue weighted by Crippen LogP contribution is -2.06. The van der Waals surface area contributed by atoms with E-state index in [1.807, 2.05) is 42.5 Å². The average molecular weight is 388 g/mol. The summed E-state index contributed by atoms with van der Waals surface area (Å²) in [5.41, 5.74) is 4.84. The first kappa shape index (κ1) is 19.7. The van der Waals surface area contributed by atoms with Crippen molar-refractivity contribution in [1.29, 1.82) is 5.41 Å². The van der Waals surface area contributed by atoms with Crippen LogP contribution in [0.25, 0.3) is 10.8 Å². The van der Waals surface area contributed by atoms with E-state index < -0.39 is 0 Å². The molecule has 0 amide bonds. The van der Waals surface area contributed by atoms with Gasteiger partial charge < -0.3 is 4.74 Å². The molecule has 4 aromatic carbocycles. The zero-order chi connectivity index (χ0) is 18.6. The molecule has 0 radical (unpaired) electrons. The van der Waals surface area contributed by atoms with Crippen LogP contribution in [0.3, 0.4) is 0 Å². The topological polar surface area (TPSA) is 33.1 Å². The Morgan fingerprint density at radius 2 is 1.39 bits per heavy atom. The molecule has 1 N–H and O–H groups in total. The number of hydrogen-bond acceptors (Lipinski definition) is 2. The highest BCUT2D eigenvalue weighted by Gasteiger charge is 2.11. The molecule has 140 valence electrons. The second-order valence-corrected chi connectivity index (χ2v) is 6.58. The predicted molar refractivity (Wildman–Crippen MR) is 119 cm³/mol. The minimum absolute atomic E-state index is 0. The average Bonchev–Trinajstić information content (AvgIpc) is 2.74. The predicted octanol–water partition coefficient (Wildman–Crippen LogP) is 6.28. The van der Waals surface area contributed by atoms with Crippen molar-refractivity contribution in [3.8, 4) is 5.75 Å². The maximum absolute atomic E-state index is 8.73.